The van der Waals surface area contributed by atoms with Gasteiger partial charge in [-0.2, -0.15) is 5.10 Å². The fourth-order valence-corrected chi connectivity index (χ4v) is 2.46. The fourth-order valence-electron chi connectivity index (χ4n) is 1.37. The largest absolute Gasteiger partial charge is 0.320 e. The first-order chi connectivity index (χ1) is 7.22. The Labute approximate surface area is 100.0 Å². The highest BCUT2D eigenvalue weighted by molar-refractivity contribution is 9.10. The highest BCUT2D eigenvalue weighted by Crippen LogP contribution is 2.21. The number of aromatic nitrogens is 1. The van der Waals surface area contributed by atoms with Crippen molar-refractivity contribution in [3.63, 3.8) is 0 Å². The van der Waals surface area contributed by atoms with Crippen LogP contribution in [-0.4, -0.2) is 4.57 Å². The van der Waals surface area contributed by atoms with Crippen LogP contribution < -0.4 is 10.6 Å². The van der Waals surface area contributed by atoms with Gasteiger partial charge in [-0.25, -0.2) is 0 Å². The maximum Gasteiger partial charge on any atom is 0.207 e. The van der Waals surface area contributed by atoms with E-state index in [1.54, 1.807) is 0 Å². The highest BCUT2D eigenvalue weighted by Gasteiger charge is 2.03. The molecule has 0 fully saturated rings. The van der Waals surface area contributed by atoms with Crippen molar-refractivity contribution in [1.82, 2.24) is 4.57 Å². The zero-order chi connectivity index (χ0) is 10.8. The van der Waals surface area contributed by atoms with Crippen LogP contribution in [0.5, 0.6) is 0 Å². The topological polar surface area (TPSA) is 43.3 Å². The number of halogens is 1. The molecule has 0 radical (unpaired) electrons. The second-order valence-electron chi connectivity index (χ2n) is 3.10. The summed E-state index contributed by atoms with van der Waals surface area (Å²) in [7, 11) is 1.96. The van der Waals surface area contributed by atoms with Gasteiger partial charge in [0, 0.05) is 16.9 Å². The Bertz CT molecular complexity index is 524. The molecule has 0 aliphatic heterocycles. The SMILES string of the molecule is Cn1c(-c2ccc(Br)cc2)cs/c1=N\N. The normalized spacial score (nSPS) is 12.0. The summed E-state index contributed by atoms with van der Waals surface area (Å²) in [4.78, 5) is 0.813. The maximum absolute atomic E-state index is 5.27. The van der Waals surface area contributed by atoms with Crippen molar-refractivity contribution >= 4 is 27.3 Å². The van der Waals surface area contributed by atoms with Crippen molar-refractivity contribution in [2.45, 2.75) is 0 Å². The van der Waals surface area contributed by atoms with Crippen molar-refractivity contribution in [1.29, 1.82) is 0 Å². The molecule has 2 N–H and O–H groups in total. The smallest absolute Gasteiger partial charge is 0.207 e. The Morgan fingerprint density at radius 2 is 2.00 bits per heavy atom. The third kappa shape index (κ3) is 1.98. The standard InChI is InChI=1S/C10H10BrN3S/c1-14-9(6-15-10(14)13-12)7-2-4-8(11)5-3-7/h2-6H,12H2,1H3/b13-10-. The predicted molar refractivity (Wildman–Crippen MR) is 66.2 cm³/mol. The summed E-state index contributed by atoms with van der Waals surface area (Å²) in [6.45, 7) is 0. The van der Waals surface area contributed by atoms with Gasteiger partial charge in [0.2, 0.25) is 4.80 Å². The summed E-state index contributed by atoms with van der Waals surface area (Å²) < 4.78 is 3.06. The molecule has 2 rings (SSSR count). The molecule has 0 saturated carbocycles. The lowest BCUT2D eigenvalue weighted by molar-refractivity contribution is 0.862. The second-order valence-corrected chi connectivity index (χ2v) is 4.85. The van der Waals surface area contributed by atoms with E-state index in [-0.39, 0.29) is 0 Å². The van der Waals surface area contributed by atoms with Crippen LogP contribution in [0.15, 0.2) is 39.2 Å². The molecule has 5 heteroatoms. The van der Waals surface area contributed by atoms with E-state index in [0.29, 0.717) is 0 Å². The molecular weight excluding hydrogens is 274 g/mol. The highest BCUT2D eigenvalue weighted by atomic mass is 79.9. The molecule has 1 aromatic carbocycles. The molecular formula is C10H10BrN3S. The van der Waals surface area contributed by atoms with Crippen LogP contribution in [0.25, 0.3) is 11.3 Å². The number of hydrogen-bond acceptors (Lipinski definition) is 3. The summed E-state index contributed by atoms with van der Waals surface area (Å²) in [5, 5.41) is 5.76. The van der Waals surface area contributed by atoms with Gasteiger partial charge in [-0.05, 0) is 17.7 Å². The van der Waals surface area contributed by atoms with Crippen molar-refractivity contribution in [3.8, 4) is 11.3 Å². The number of nitrogens with zero attached hydrogens (tertiary/aromatic N) is 2. The minimum atomic E-state index is 0.813. The summed E-state index contributed by atoms with van der Waals surface area (Å²) >= 11 is 4.95. The lowest BCUT2D eigenvalue weighted by Crippen LogP contribution is -2.13. The summed E-state index contributed by atoms with van der Waals surface area (Å²) in [6, 6.07) is 8.16. The van der Waals surface area contributed by atoms with Crippen LogP contribution in [-0.2, 0) is 7.05 Å². The minimum absolute atomic E-state index is 0.813. The fraction of sp³-hybridized carbons (Fsp3) is 0.100. The molecule has 3 nitrogen and oxygen atoms in total. The van der Waals surface area contributed by atoms with Gasteiger partial charge >= 0.3 is 0 Å². The number of thiazole rings is 1. The Morgan fingerprint density at radius 1 is 1.33 bits per heavy atom. The predicted octanol–water partition coefficient (Wildman–Crippen LogP) is 2.29. The van der Waals surface area contributed by atoms with Crippen molar-refractivity contribution in [3.05, 3.63) is 38.9 Å². The van der Waals surface area contributed by atoms with E-state index in [1.807, 2.05) is 23.7 Å². The van der Waals surface area contributed by atoms with Gasteiger partial charge in [0.15, 0.2) is 0 Å². The number of nitrogens with two attached hydrogens (primary N) is 1. The first-order valence-electron chi connectivity index (χ1n) is 4.37. The first kappa shape index (κ1) is 10.4. The number of benzene rings is 1. The van der Waals surface area contributed by atoms with Crippen LogP contribution in [0.2, 0.25) is 0 Å². The lowest BCUT2D eigenvalue weighted by Gasteiger charge is -2.02. The first-order valence-corrected chi connectivity index (χ1v) is 6.04. The quantitative estimate of drug-likeness (QED) is 0.633. The van der Waals surface area contributed by atoms with E-state index in [0.717, 1.165) is 20.5 Å². The average molecular weight is 284 g/mol. The Hall–Kier alpha value is -1.07. The Morgan fingerprint density at radius 3 is 2.53 bits per heavy atom. The maximum atomic E-state index is 5.27. The molecule has 0 aliphatic carbocycles. The van der Waals surface area contributed by atoms with Crippen LogP contribution in [0.4, 0.5) is 0 Å². The van der Waals surface area contributed by atoms with Gasteiger partial charge < -0.3 is 10.4 Å². The Kier molecular flexibility index (Phi) is 2.93. The summed E-state index contributed by atoms with van der Waals surface area (Å²) in [5.74, 6) is 5.27. The number of hydrogen-bond donors (Lipinski definition) is 1. The lowest BCUT2D eigenvalue weighted by atomic mass is 10.2. The van der Waals surface area contributed by atoms with E-state index >= 15 is 0 Å². The monoisotopic (exact) mass is 283 g/mol. The second kappa shape index (κ2) is 4.20. The molecule has 0 spiro atoms. The molecule has 1 heterocycles. The summed E-state index contributed by atoms with van der Waals surface area (Å²) in [6.07, 6.45) is 0. The van der Waals surface area contributed by atoms with Gasteiger partial charge in [-0.15, -0.1) is 11.3 Å². The molecule has 0 saturated heterocycles. The van der Waals surface area contributed by atoms with Crippen LogP contribution in [0.1, 0.15) is 0 Å². The van der Waals surface area contributed by atoms with E-state index in [9.17, 15) is 0 Å². The van der Waals surface area contributed by atoms with Crippen LogP contribution in [0, 0.1) is 0 Å². The van der Waals surface area contributed by atoms with Crippen LogP contribution >= 0.6 is 27.3 Å². The van der Waals surface area contributed by atoms with E-state index in [2.05, 4.69) is 38.5 Å². The molecule has 1 aromatic heterocycles. The van der Waals surface area contributed by atoms with Gasteiger partial charge in [0.25, 0.3) is 0 Å². The molecule has 2 aromatic rings. The molecule has 0 aliphatic rings. The molecule has 0 atom stereocenters. The molecule has 0 amide bonds. The van der Waals surface area contributed by atoms with Crippen molar-refractivity contribution in [2.75, 3.05) is 0 Å². The van der Waals surface area contributed by atoms with Crippen LogP contribution in [0.3, 0.4) is 0 Å². The van der Waals surface area contributed by atoms with Gasteiger partial charge in [-0.1, -0.05) is 28.1 Å². The Balaban J connectivity index is 2.55. The molecule has 15 heavy (non-hydrogen) atoms. The van der Waals surface area contributed by atoms with E-state index in [1.165, 1.54) is 11.3 Å². The van der Waals surface area contributed by atoms with E-state index < -0.39 is 0 Å². The third-order valence-corrected chi connectivity index (χ3v) is 3.63. The minimum Gasteiger partial charge on any atom is -0.320 e. The average Bonchev–Trinajstić information content (AvgIpc) is 2.61. The number of rotatable bonds is 1. The van der Waals surface area contributed by atoms with Crippen molar-refractivity contribution < 1.29 is 0 Å². The molecule has 0 bridgehead atoms. The van der Waals surface area contributed by atoms with Crippen molar-refractivity contribution in [2.24, 2.45) is 18.0 Å². The van der Waals surface area contributed by atoms with Gasteiger partial charge in [0.1, 0.15) is 0 Å². The molecule has 78 valence electrons. The van der Waals surface area contributed by atoms with Gasteiger partial charge in [-0.3, -0.25) is 0 Å². The van der Waals surface area contributed by atoms with Gasteiger partial charge in [0.05, 0.1) is 5.69 Å². The summed E-state index contributed by atoms with van der Waals surface area (Å²) in [5.41, 5.74) is 2.28. The molecule has 0 unspecified atom stereocenters. The van der Waals surface area contributed by atoms with E-state index in [4.69, 9.17) is 5.84 Å². The zero-order valence-electron chi connectivity index (χ0n) is 8.14. The zero-order valence-corrected chi connectivity index (χ0v) is 10.5. The third-order valence-electron chi connectivity index (χ3n) is 2.17.